The van der Waals surface area contributed by atoms with Gasteiger partial charge in [-0.05, 0) is 39.4 Å². The van der Waals surface area contributed by atoms with Crippen LogP contribution in [0.4, 0.5) is 4.79 Å². The van der Waals surface area contributed by atoms with Crippen LogP contribution in [0.15, 0.2) is 0 Å². The second-order valence-corrected chi connectivity index (χ2v) is 5.91. The van der Waals surface area contributed by atoms with Crippen molar-refractivity contribution in [2.24, 2.45) is 5.41 Å². The average molecular weight is 243 g/mol. The molecular formula is C13H29N3O. The molecule has 0 spiro atoms. The quantitative estimate of drug-likeness (QED) is 0.713. The van der Waals surface area contributed by atoms with Crippen LogP contribution in [-0.4, -0.2) is 68.6 Å². The highest BCUT2D eigenvalue weighted by atomic mass is 16.2. The fraction of sp³-hybridized carbons (Fsp3) is 0.923. The minimum Gasteiger partial charge on any atom is -0.331 e. The molecule has 0 heterocycles. The van der Waals surface area contributed by atoms with Crippen LogP contribution in [0.1, 0.15) is 27.2 Å². The molecule has 102 valence electrons. The van der Waals surface area contributed by atoms with Gasteiger partial charge in [-0.3, -0.25) is 0 Å². The summed E-state index contributed by atoms with van der Waals surface area (Å²) in [5.74, 6) is 0. The van der Waals surface area contributed by atoms with Crippen LogP contribution in [0.3, 0.4) is 0 Å². The van der Waals surface area contributed by atoms with E-state index in [1.54, 1.807) is 19.0 Å². The highest BCUT2D eigenvalue weighted by Crippen LogP contribution is 2.22. The van der Waals surface area contributed by atoms with E-state index < -0.39 is 0 Å². The number of nitrogens with zero attached hydrogens (tertiary/aromatic N) is 3. The predicted octanol–water partition coefficient (Wildman–Crippen LogP) is 1.97. The SMILES string of the molecule is CCN(CC(C)(C)CCN(C)C)C(=O)N(C)C. The normalized spacial score (nSPS) is 11.8. The standard InChI is InChI=1S/C13H29N3O/c1-8-16(12(17)15(6)7)11-13(2,3)9-10-14(4)5/h8-11H2,1-7H3. The van der Waals surface area contributed by atoms with Gasteiger partial charge in [-0.2, -0.15) is 0 Å². The van der Waals surface area contributed by atoms with Crippen molar-refractivity contribution >= 4 is 6.03 Å². The molecule has 0 aromatic rings. The number of amides is 2. The van der Waals surface area contributed by atoms with Crippen LogP contribution >= 0.6 is 0 Å². The third-order valence-electron chi connectivity index (χ3n) is 2.89. The Morgan fingerprint density at radius 2 is 1.65 bits per heavy atom. The molecule has 0 aliphatic carbocycles. The Kier molecular flexibility index (Phi) is 6.53. The Balaban J connectivity index is 4.39. The zero-order valence-electron chi connectivity index (χ0n) is 12.6. The van der Waals surface area contributed by atoms with Gasteiger partial charge in [0.25, 0.3) is 0 Å². The number of carbonyl (C=O) groups is 1. The summed E-state index contributed by atoms with van der Waals surface area (Å²) < 4.78 is 0. The second kappa shape index (κ2) is 6.84. The maximum Gasteiger partial charge on any atom is 0.319 e. The van der Waals surface area contributed by atoms with E-state index in [1.807, 2.05) is 11.8 Å². The zero-order chi connectivity index (χ0) is 13.6. The lowest BCUT2D eigenvalue weighted by molar-refractivity contribution is 0.140. The fourth-order valence-corrected chi connectivity index (χ4v) is 1.72. The largest absolute Gasteiger partial charge is 0.331 e. The molecule has 0 rings (SSSR count). The van der Waals surface area contributed by atoms with Gasteiger partial charge in [0.1, 0.15) is 0 Å². The molecule has 0 fully saturated rings. The highest BCUT2D eigenvalue weighted by molar-refractivity contribution is 5.73. The van der Waals surface area contributed by atoms with Gasteiger partial charge in [-0.15, -0.1) is 0 Å². The summed E-state index contributed by atoms with van der Waals surface area (Å²) >= 11 is 0. The second-order valence-electron chi connectivity index (χ2n) is 5.91. The summed E-state index contributed by atoms with van der Waals surface area (Å²) in [7, 11) is 7.77. The minimum absolute atomic E-state index is 0.102. The molecule has 4 heteroatoms. The number of hydrogen-bond donors (Lipinski definition) is 0. The molecule has 17 heavy (non-hydrogen) atoms. The van der Waals surface area contributed by atoms with Crippen molar-refractivity contribution in [2.45, 2.75) is 27.2 Å². The Bertz CT molecular complexity index is 237. The van der Waals surface area contributed by atoms with Gasteiger partial charge in [-0.1, -0.05) is 13.8 Å². The van der Waals surface area contributed by atoms with Crippen molar-refractivity contribution < 1.29 is 4.79 Å². The van der Waals surface area contributed by atoms with Gasteiger partial charge in [0, 0.05) is 27.2 Å². The van der Waals surface area contributed by atoms with E-state index in [0.717, 1.165) is 26.1 Å². The molecule has 0 saturated carbocycles. The first-order valence-electron chi connectivity index (χ1n) is 6.30. The molecule has 0 aromatic carbocycles. The predicted molar refractivity (Wildman–Crippen MR) is 73.3 cm³/mol. The van der Waals surface area contributed by atoms with Gasteiger partial charge in [0.2, 0.25) is 0 Å². The Morgan fingerprint density at radius 1 is 1.12 bits per heavy atom. The lowest BCUT2D eigenvalue weighted by Gasteiger charge is -2.34. The van der Waals surface area contributed by atoms with Crippen LogP contribution in [0.2, 0.25) is 0 Å². The molecule has 0 aliphatic heterocycles. The summed E-state index contributed by atoms with van der Waals surface area (Å²) in [4.78, 5) is 17.7. The monoisotopic (exact) mass is 243 g/mol. The summed E-state index contributed by atoms with van der Waals surface area (Å²) in [5.41, 5.74) is 0.159. The lowest BCUT2D eigenvalue weighted by atomic mass is 9.88. The fourth-order valence-electron chi connectivity index (χ4n) is 1.72. The Morgan fingerprint density at radius 3 is 2.00 bits per heavy atom. The first kappa shape index (κ1) is 16.2. The maximum absolute atomic E-state index is 11.9. The van der Waals surface area contributed by atoms with Crippen LogP contribution in [-0.2, 0) is 0 Å². The summed E-state index contributed by atoms with van der Waals surface area (Å²) in [5, 5.41) is 0. The van der Waals surface area contributed by atoms with Gasteiger partial charge >= 0.3 is 6.03 Å². The molecule has 0 unspecified atom stereocenters. The lowest BCUT2D eigenvalue weighted by Crippen LogP contribution is -2.44. The minimum atomic E-state index is 0.102. The van der Waals surface area contributed by atoms with Crippen molar-refractivity contribution in [2.75, 3.05) is 47.8 Å². The maximum atomic E-state index is 11.9. The highest BCUT2D eigenvalue weighted by Gasteiger charge is 2.24. The summed E-state index contributed by atoms with van der Waals surface area (Å²) in [6.07, 6.45) is 1.09. The summed E-state index contributed by atoms with van der Waals surface area (Å²) in [6.45, 7) is 9.12. The van der Waals surface area contributed by atoms with Crippen molar-refractivity contribution in [3.8, 4) is 0 Å². The third-order valence-corrected chi connectivity index (χ3v) is 2.89. The van der Waals surface area contributed by atoms with Gasteiger partial charge in [0.15, 0.2) is 0 Å². The van der Waals surface area contributed by atoms with Gasteiger partial charge in [-0.25, -0.2) is 4.79 Å². The molecule has 2 amide bonds. The number of urea groups is 1. The number of hydrogen-bond acceptors (Lipinski definition) is 2. The van der Waals surface area contributed by atoms with E-state index in [9.17, 15) is 4.79 Å². The van der Waals surface area contributed by atoms with E-state index >= 15 is 0 Å². The van der Waals surface area contributed by atoms with Crippen LogP contribution in [0.25, 0.3) is 0 Å². The van der Waals surface area contributed by atoms with Crippen molar-refractivity contribution in [1.82, 2.24) is 14.7 Å². The molecule has 0 N–H and O–H groups in total. The van der Waals surface area contributed by atoms with Crippen LogP contribution in [0.5, 0.6) is 0 Å². The van der Waals surface area contributed by atoms with Crippen molar-refractivity contribution in [1.29, 1.82) is 0 Å². The van der Waals surface area contributed by atoms with Gasteiger partial charge < -0.3 is 14.7 Å². The van der Waals surface area contributed by atoms with E-state index in [-0.39, 0.29) is 11.4 Å². The Hall–Kier alpha value is -0.770. The van der Waals surface area contributed by atoms with Crippen molar-refractivity contribution in [3.05, 3.63) is 0 Å². The van der Waals surface area contributed by atoms with Crippen LogP contribution < -0.4 is 0 Å². The number of rotatable bonds is 6. The van der Waals surface area contributed by atoms with E-state index in [0.29, 0.717) is 0 Å². The molecular weight excluding hydrogens is 214 g/mol. The number of carbonyl (C=O) groups excluding carboxylic acids is 1. The summed E-state index contributed by atoms with van der Waals surface area (Å²) in [6, 6.07) is 0.102. The van der Waals surface area contributed by atoms with E-state index in [1.165, 1.54) is 0 Å². The van der Waals surface area contributed by atoms with Crippen molar-refractivity contribution in [3.63, 3.8) is 0 Å². The van der Waals surface area contributed by atoms with Gasteiger partial charge in [0.05, 0.1) is 0 Å². The molecule has 0 aliphatic rings. The zero-order valence-corrected chi connectivity index (χ0v) is 12.6. The average Bonchev–Trinajstić information content (AvgIpc) is 2.22. The van der Waals surface area contributed by atoms with Crippen LogP contribution in [0, 0.1) is 5.41 Å². The smallest absolute Gasteiger partial charge is 0.319 e. The molecule has 4 nitrogen and oxygen atoms in total. The first-order valence-corrected chi connectivity index (χ1v) is 6.30. The topological polar surface area (TPSA) is 26.8 Å². The van der Waals surface area contributed by atoms with E-state index in [4.69, 9.17) is 0 Å². The first-order chi connectivity index (χ1) is 7.69. The molecule has 0 bridgehead atoms. The molecule has 0 radical (unpaired) electrons. The van der Waals surface area contributed by atoms with E-state index in [2.05, 4.69) is 32.8 Å². The molecule has 0 atom stereocenters. The molecule has 0 saturated heterocycles. The molecule has 0 aromatic heterocycles. The third kappa shape index (κ3) is 6.51. The Labute approximate surface area is 107 Å².